The lowest BCUT2D eigenvalue weighted by Crippen LogP contribution is -2.27. The van der Waals surface area contributed by atoms with Crippen molar-refractivity contribution in [3.63, 3.8) is 0 Å². The maximum atomic E-state index is 12.2. The molecule has 0 bridgehead atoms. The maximum absolute atomic E-state index is 12.2. The first-order chi connectivity index (χ1) is 17.9. The zero-order valence-electron chi connectivity index (χ0n) is 22.5. The number of carbonyl (C=O) groups excluding carboxylic acids is 1. The second-order valence-corrected chi connectivity index (χ2v) is 10.1. The lowest BCUT2D eigenvalue weighted by molar-refractivity contribution is 0.230. The van der Waals surface area contributed by atoms with Crippen LogP contribution in [0.15, 0.2) is 60.9 Å². The van der Waals surface area contributed by atoms with Gasteiger partial charge in [-0.25, -0.2) is 4.79 Å². The van der Waals surface area contributed by atoms with Gasteiger partial charge in [-0.2, -0.15) is 0 Å². The number of aromatic amines is 1. The molecule has 2 amide bonds. The summed E-state index contributed by atoms with van der Waals surface area (Å²) in [5, 5.41) is 7.80. The van der Waals surface area contributed by atoms with E-state index in [1.54, 1.807) is 19.0 Å². The van der Waals surface area contributed by atoms with Crippen LogP contribution in [-0.4, -0.2) is 48.1 Å². The molecule has 4 rings (SSSR count). The fourth-order valence-electron chi connectivity index (χ4n) is 4.83. The third-order valence-corrected chi connectivity index (χ3v) is 6.69. The van der Waals surface area contributed by atoms with E-state index in [9.17, 15) is 4.79 Å². The van der Waals surface area contributed by atoms with E-state index < -0.39 is 0 Å². The average molecular weight is 498 g/mol. The van der Waals surface area contributed by atoms with Crippen molar-refractivity contribution in [2.24, 2.45) is 0 Å². The molecule has 0 aliphatic rings. The molecule has 0 aliphatic carbocycles. The number of amides is 2. The zero-order valence-corrected chi connectivity index (χ0v) is 22.5. The molecule has 6 nitrogen and oxygen atoms in total. The molecule has 0 spiro atoms. The van der Waals surface area contributed by atoms with E-state index in [0.29, 0.717) is 0 Å². The summed E-state index contributed by atoms with van der Waals surface area (Å²) in [5.74, 6) is 0. The van der Waals surface area contributed by atoms with Crippen LogP contribution in [-0.2, 0) is 12.8 Å². The highest BCUT2D eigenvalue weighted by Crippen LogP contribution is 2.33. The highest BCUT2D eigenvalue weighted by atomic mass is 16.2. The molecular weight excluding hydrogens is 458 g/mol. The molecule has 194 valence electrons. The lowest BCUT2D eigenvalue weighted by Gasteiger charge is -2.12. The molecule has 2 heterocycles. The van der Waals surface area contributed by atoms with Crippen LogP contribution in [0, 0.1) is 13.8 Å². The van der Waals surface area contributed by atoms with E-state index in [1.165, 1.54) is 47.1 Å². The van der Waals surface area contributed by atoms with Gasteiger partial charge in [0, 0.05) is 48.8 Å². The minimum absolute atomic E-state index is 0.128. The molecule has 4 aromatic rings. The second kappa shape index (κ2) is 12.5. The standard InChI is InChI=1S/C31H39N5O/c1-22-18-23(2)20-25(19-22)30-27(13-17-32-14-7-5-6-8-24-11-15-33-16-12-24)28-21-26(9-10-29(28)35-30)34-31(37)36(3)4/h9-12,15-16,18-21,32,35H,5-8,13-14,17H2,1-4H3,(H,34,37). The first-order valence-corrected chi connectivity index (χ1v) is 13.2. The predicted octanol–water partition coefficient (Wildman–Crippen LogP) is 6.49. The molecule has 0 atom stereocenters. The third kappa shape index (κ3) is 7.20. The predicted molar refractivity (Wildman–Crippen MR) is 154 cm³/mol. The first-order valence-electron chi connectivity index (χ1n) is 13.2. The summed E-state index contributed by atoms with van der Waals surface area (Å²) in [7, 11) is 3.50. The first kappa shape index (κ1) is 26.4. The van der Waals surface area contributed by atoms with Crippen molar-refractivity contribution in [1.29, 1.82) is 0 Å². The van der Waals surface area contributed by atoms with Crippen LogP contribution in [0.2, 0.25) is 0 Å². The Hall–Kier alpha value is -3.64. The quantitative estimate of drug-likeness (QED) is 0.208. The number of anilines is 1. The van der Waals surface area contributed by atoms with Crippen LogP contribution >= 0.6 is 0 Å². The van der Waals surface area contributed by atoms with Crippen LogP contribution < -0.4 is 10.6 Å². The number of nitrogens with zero attached hydrogens (tertiary/aromatic N) is 2. The molecule has 6 heteroatoms. The average Bonchev–Trinajstić information content (AvgIpc) is 3.23. The number of unbranched alkanes of at least 4 members (excludes halogenated alkanes) is 2. The smallest absolute Gasteiger partial charge is 0.321 e. The van der Waals surface area contributed by atoms with Gasteiger partial charge >= 0.3 is 6.03 Å². The third-order valence-electron chi connectivity index (χ3n) is 6.69. The van der Waals surface area contributed by atoms with Gasteiger partial charge in [0.1, 0.15) is 0 Å². The van der Waals surface area contributed by atoms with Gasteiger partial charge in [-0.3, -0.25) is 4.98 Å². The number of carbonyl (C=O) groups is 1. The van der Waals surface area contributed by atoms with Crippen LogP contribution in [0.25, 0.3) is 22.2 Å². The number of aromatic nitrogens is 2. The van der Waals surface area contributed by atoms with Crippen molar-refractivity contribution in [3.8, 4) is 11.3 Å². The Morgan fingerprint density at radius 1 is 0.892 bits per heavy atom. The van der Waals surface area contributed by atoms with Gasteiger partial charge in [0.25, 0.3) is 0 Å². The molecule has 0 aliphatic heterocycles. The Morgan fingerprint density at radius 3 is 2.38 bits per heavy atom. The van der Waals surface area contributed by atoms with E-state index in [0.717, 1.165) is 48.2 Å². The highest BCUT2D eigenvalue weighted by Gasteiger charge is 2.15. The monoisotopic (exact) mass is 497 g/mol. The van der Waals surface area contributed by atoms with Gasteiger partial charge in [-0.1, -0.05) is 23.6 Å². The molecule has 3 N–H and O–H groups in total. The molecule has 0 saturated carbocycles. The zero-order chi connectivity index (χ0) is 26.2. The Labute approximate surface area is 220 Å². The summed E-state index contributed by atoms with van der Waals surface area (Å²) in [6.45, 7) is 6.21. The minimum atomic E-state index is -0.128. The molecule has 0 unspecified atom stereocenters. The maximum Gasteiger partial charge on any atom is 0.321 e. The van der Waals surface area contributed by atoms with Crippen molar-refractivity contribution in [3.05, 3.63) is 83.2 Å². The van der Waals surface area contributed by atoms with Crippen LogP contribution in [0.3, 0.4) is 0 Å². The summed E-state index contributed by atoms with van der Waals surface area (Å²) in [6, 6.07) is 16.9. The van der Waals surface area contributed by atoms with E-state index in [4.69, 9.17) is 0 Å². The van der Waals surface area contributed by atoms with Crippen molar-refractivity contribution in [2.45, 2.75) is 46.0 Å². The van der Waals surface area contributed by atoms with Crippen molar-refractivity contribution in [2.75, 3.05) is 32.5 Å². The van der Waals surface area contributed by atoms with Crippen LogP contribution in [0.5, 0.6) is 0 Å². The number of nitrogens with one attached hydrogen (secondary N) is 3. The fourth-order valence-corrected chi connectivity index (χ4v) is 4.83. The van der Waals surface area contributed by atoms with Gasteiger partial charge in [-0.15, -0.1) is 0 Å². The summed E-state index contributed by atoms with van der Waals surface area (Å²) < 4.78 is 0. The summed E-state index contributed by atoms with van der Waals surface area (Å²) in [6.07, 6.45) is 9.34. The lowest BCUT2D eigenvalue weighted by atomic mass is 9.99. The fraction of sp³-hybridized carbons (Fsp3) is 0.355. The SMILES string of the molecule is Cc1cc(C)cc(-c2[nH]c3ccc(NC(=O)N(C)C)cc3c2CCNCCCCCc2ccncc2)c1. The molecular formula is C31H39N5O. The van der Waals surface area contributed by atoms with Crippen LogP contribution in [0.1, 0.15) is 41.5 Å². The van der Waals surface area contributed by atoms with Crippen molar-refractivity contribution < 1.29 is 4.79 Å². The van der Waals surface area contributed by atoms with E-state index in [1.807, 2.05) is 18.5 Å². The highest BCUT2D eigenvalue weighted by molar-refractivity contribution is 5.96. The van der Waals surface area contributed by atoms with Gasteiger partial charge in [-0.05, 0) is 112 Å². The number of benzene rings is 2. The topological polar surface area (TPSA) is 73.1 Å². The van der Waals surface area contributed by atoms with E-state index in [2.05, 4.69) is 76.9 Å². The minimum Gasteiger partial charge on any atom is -0.354 e. The Balaban J connectivity index is 1.44. The Morgan fingerprint density at radius 2 is 1.65 bits per heavy atom. The normalized spacial score (nSPS) is 11.1. The number of H-pyrrole nitrogens is 1. The molecule has 2 aromatic carbocycles. The summed E-state index contributed by atoms with van der Waals surface area (Å²) in [5.41, 5.74) is 9.42. The Kier molecular flexibility index (Phi) is 8.96. The van der Waals surface area contributed by atoms with Gasteiger partial charge in [0.05, 0.1) is 0 Å². The number of rotatable bonds is 11. The van der Waals surface area contributed by atoms with Crippen molar-refractivity contribution >= 4 is 22.6 Å². The van der Waals surface area contributed by atoms with E-state index in [-0.39, 0.29) is 6.03 Å². The number of aryl methyl sites for hydroxylation is 3. The summed E-state index contributed by atoms with van der Waals surface area (Å²) >= 11 is 0. The van der Waals surface area contributed by atoms with E-state index >= 15 is 0 Å². The molecule has 0 radical (unpaired) electrons. The number of hydrogen-bond donors (Lipinski definition) is 3. The van der Waals surface area contributed by atoms with Crippen LogP contribution in [0.4, 0.5) is 10.5 Å². The Bertz CT molecular complexity index is 1310. The number of urea groups is 1. The largest absolute Gasteiger partial charge is 0.354 e. The number of hydrogen-bond acceptors (Lipinski definition) is 3. The number of fused-ring (bicyclic) bond motifs is 1. The van der Waals surface area contributed by atoms with Gasteiger partial charge < -0.3 is 20.5 Å². The number of pyridine rings is 1. The second-order valence-electron chi connectivity index (χ2n) is 10.1. The van der Waals surface area contributed by atoms with Gasteiger partial charge in [0.15, 0.2) is 0 Å². The molecule has 0 fully saturated rings. The molecule has 37 heavy (non-hydrogen) atoms. The van der Waals surface area contributed by atoms with Crippen molar-refractivity contribution in [1.82, 2.24) is 20.2 Å². The molecule has 2 aromatic heterocycles. The molecule has 0 saturated heterocycles. The summed E-state index contributed by atoms with van der Waals surface area (Å²) in [4.78, 5) is 21.5. The van der Waals surface area contributed by atoms with Gasteiger partial charge in [0.2, 0.25) is 0 Å².